The normalized spacial score (nSPS) is 14.0. The molecule has 0 spiro atoms. The van der Waals surface area contributed by atoms with E-state index in [1.54, 1.807) is 17.0 Å². The van der Waals surface area contributed by atoms with E-state index in [9.17, 15) is 14.0 Å². The van der Waals surface area contributed by atoms with Crippen LogP contribution in [0.15, 0.2) is 48.5 Å². The quantitative estimate of drug-likeness (QED) is 0.854. The fourth-order valence-corrected chi connectivity index (χ4v) is 3.53. The number of amides is 2. The van der Waals surface area contributed by atoms with E-state index in [0.717, 1.165) is 17.7 Å². The van der Waals surface area contributed by atoms with E-state index >= 15 is 0 Å². The molecular weight excluding hydrogens is 339 g/mol. The Morgan fingerprint density at radius 3 is 2.64 bits per heavy atom. The van der Waals surface area contributed by atoms with E-state index < -0.39 is 0 Å². The van der Waals surface area contributed by atoms with Crippen molar-refractivity contribution in [2.45, 2.75) is 18.6 Å². The monoisotopic (exact) mass is 358 g/mol. The van der Waals surface area contributed by atoms with Gasteiger partial charge in [0.25, 0.3) is 0 Å². The molecule has 130 valence electrons. The molecule has 0 unspecified atom stereocenters. The molecule has 3 rings (SSSR count). The summed E-state index contributed by atoms with van der Waals surface area (Å²) in [5.74, 6) is 0.637. The molecule has 1 fully saturated rings. The Hall–Kier alpha value is -2.34. The minimum Gasteiger partial charge on any atom is -0.324 e. The number of thioether (sulfide) groups is 1. The Bertz CT molecular complexity index is 764. The number of hydrogen-bond acceptors (Lipinski definition) is 3. The highest BCUT2D eigenvalue weighted by molar-refractivity contribution is 7.99. The van der Waals surface area contributed by atoms with Crippen molar-refractivity contribution in [3.63, 3.8) is 0 Å². The zero-order chi connectivity index (χ0) is 17.6. The van der Waals surface area contributed by atoms with Crippen LogP contribution in [0.1, 0.15) is 18.4 Å². The molecule has 25 heavy (non-hydrogen) atoms. The van der Waals surface area contributed by atoms with E-state index in [4.69, 9.17) is 0 Å². The molecule has 0 atom stereocenters. The summed E-state index contributed by atoms with van der Waals surface area (Å²) in [7, 11) is 0. The molecule has 1 aliphatic rings. The number of anilines is 2. The molecule has 0 saturated carbocycles. The minimum absolute atomic E-state index is 0.0902. The molecule has 2 aromatic rings. The molecule has 0 aromatic heterocycles. The molecule has 2 amide bonds. The van der Waals surface area contributed by atoms with Crippen molar-refractivity contribution in [3.8, 4) is 0 Å². The Balaban J connectivity index is 1.56. The van der Waals surface area contributed by atoms with Crippen molar-refractivity contribution < 1.29 is 14.0 Å². The third-order valence-electron chi connectivity index (χ3n) is 3.96. The number of rotatable bonds is 6. The van der Waals surface area contributed by atoms with Gasteiger partial charge in [-0.1, -0.05) is 24.3 Å². The van der Waals surface area contributed by atoms with E-state index in [0.29, 0.717) is 30.2 Å². The van der Waals surface area contributed by atoms with Gasteiger partial charge in [0.05, 0.1) is 17.1 Å². The third kappa shape index (κ3) is 4.60. The summed E-state index contributed by atoms with van der Waals surface area (Å²) < 4.78 is 12.9. The fraction of sp³-hybridized carbons (Fsp3) is 0.263. The number of carbonyl (C=O) groups excluding carboxylic acids is 2. The van der Waals surface area contributed by atoms with Crippen LogP contribution in [0.25, 0.3) is 0 Å². The predicted octanol–water partition coefficient (Wildman–Crippen LogP) is 3.82. The lowest BCUT2D eigenvalue weighted by atomic mass is 10.2. The summed E-state index contributed by atoms with van der Waals surface area (Å²) in [6.45, 7) is 0.686. The molecular formula is C19H19FN2O2S. The number of benzene rings is 2. The van der Waals surface area contributed by atoms with E-state index in [2.05, 4.69) is 5.32 Å². The van der Waals surface area contributed by atoms with Crippen molar-refractivity contribution in [1.82, 2.24) is 0 Å². The standard InChI is InChI=1S/C19H19FN2O2S/c20-15-9-7-14(8-10-15)12-25-13-18(23)21-16-4-1-2-5-17(16)22-11-3-6-19(22)24/h1-2,4-5,7-10H,3,6,11-13H2,(H,21,23). The highest BCUT2D eigenvalue weighted by atomic mass is 32.2. The zero-order valence-corrected chi connectivity index (χ0v) is 14.5. The smallest absolute Gasteiger partial charge is 0.234 e. The SMILES string of the molecule is O=C(CSCc1ccc(F)cc1)Nc1ccccc1N1CCCC1=O. The maximum Gasteiger partial charge on any atom is 0.234 e. The molecule has 1 heterocycles. The van der Waals surface area contributed by atoms with Crippen LogP contribution in [0, 0.1) is 5.82 Å². The lowest BCUT2D eigenvalue weighted by molar-refractivity contribution is -0.117. The van der Waals surface area contributed by atoms with Gasteiger partial charge in [0.2, 0.25) is 11.8 Å². The average Bonchev–Trinajstić information content (AvgIpc) is 3.03. The van der Waals surface area contributed by atoms with Crippen molar-refractivity contribution in [1.29, 1.82) is 0 Å². The minimum atomic E-state index is -0.264. The third-order valence-corrected chi connectivity index (χ3v) is 4.96. The van der Waals surface area contributed by atoms with Gasteiger partial charge in [0, 0.05) is 18.7 Å². The fourth-order valence-electron chi connectivity index (χ4n) is 2.75. The number of carbonyl (C=O) groups is 2. The topological polar surface area (TPSA) is 49.4 Å². The van der Waals surface area contributed by atoms with Crippen molar-refractivity contribution in [3.05, 3.63) is 59.9 Å². The van der Waals surface area contributed by atoms with Crippen molar-refractivity contribution >= 4 is 35.0 Å². The van der Waals surface area contributed by atoms with Crippen LogP contribution in [0.4, 0.5) is 15.8 Å². The first-order valence-electron chi connectivity index (χ1n) is 8.15. The summed E-state index contributed by atoms with van der Waals surface area (Å²) in [6, 6.07) is 13.6. The lowest BCUT2D eigenvalue weighted by Gasteiger charge is -2.19. The van der Waals surface area contributed by atoms with E-state index in [-0.39, 0.29) is 17.6 Å². The number of hydrogen-bond donors (Lipinski definition) is 1. The second-order valence-corrected chi connectivity index (χ2v) is 6.82. The molecule has 6 heteroatoms. The Morgan fingerprint density at radius 2 is 1.92 bits per heavy atom. The Labute approximate surface area is 150 Å². The molecule has 2 aromatic carbocycles. The highest BCUT2D eigenvalue weighted by Gasteiger charge is 2.24. The molecule has 0 radical (unpaired) electrons. The molecule has 1 saturated heterocycles. The zero-order valence-electron chi connectivity index (χ0n) is 13.7. The second-order valence-electron chi connectivity index (χ2n) is 5.83. The van der Waals surface area contributed by atoms with Crippen LogP contribution >= 0.6 is 11.8 Å². The summed E-state index contributed by atoms with van der Waals surface area (Å²) in [6.07, 6.45) is 1.39. The van der Waals surface area contributed by atoms with Gasteiger partial charge in [-0.15, -0.1) is 11.8 Å². The van der Waals surface area contributed by atoms with E-state index in [1.165, 1.54) is 23.9 Å². The molecule has 0 bridgehead atoms. The van der Waals surface area contributed by atoms with Crippen LogP contribution in [0.2, 0.25) is 0 Å². The maximum atomic E-state index is 12.9. The van der Waals surface area contributed by atoms with Crippen LogP contribution in [0.5, 0.6) is 0 Å². The van der Waals surface area contributed by atoms with Gasteiger partial charge in [-0.3, -0.25) is 9.59 Å². The summed E-state index contributed by atoms with van der Waals surface area (Å²) in [5, 5.41) is 2.89. The number of nitrogens with zero attached hydrogens (tertiary/aromatic N) is 1. The van der Waals surface area contributed by atoms with Gasteiger partial charge >= 0.3 is 0 Å². The van der Waals surface area contributed by atoms with Gasteiger partial charge in [-0.2, -0.15) is 0 Å². The summed E-state index contributed by atoms with van der Waals surface area (Å²) in [5.41, 5.74) is 2.38. The number of halogens is 1. The van der Waals surface area contributed by atoms with Crippen LogP contribution in [0.3, 0.4) is 0 Å². The number of nitrogens with one attached hydrogen (secondary N) is 1. The Morgan fingerprint density at radius 1 is 1.16 bits per heavy atom. The molecule has 4 nitrogen and oxygen atoms in total. The van der Waals surface area contributed by atoms with E-state index in [1.807, 2.05) is 24.3 Å². The van der Waals surface area contributed by atoms with Gasteiger partial charge in [0.1, 0.15) is 5.82 Å². The second kappa shape index (κ2) is 8.16. The van der Waals surface area contributed by atoms with Gasteiger partial charge < -0.3 is 10.2 Å². The van der Waals surface area contributed by atoms with Gasteiger partial charge in [0.15, 0.2) is 0 Å². The van der Waals surface area contributed by atoms with Crippen molar-refractivity contribution in [2.24, 2.45) is 0 Å². The average molecular weight is 358 g/mol. The van der Waals surface area contributed by atoms with Crippen LogP contribution in [-0.2, 0) is 15.3 Å². The first-order chi connectivity index (χ1) is 12.1. The predicted molar refractivity (Wildman–Crippen MR) is 99.2 cm³/mol. The summed E-state index contributed by atoms with van der Waals surface area (Å²) >= 11 is 1.46. The van der Waals surface area contributed by atoms with Crippen molar-refractivity contribution in [2.75, 3.05) is 22.5 Å². The first-order valence-corrected chi connectivity index (χ1v) is 9.30. The molecule has 0 aliphatic carbocycles. The highest BCUT2D eigenvalue weighted by Crippen LogP contribution is 2.29. The first kappa shape index (κ1) is 17.5. The van der Waals surface area contributed by atoms with Gasteiger partial charge in [-0.05, 0) is 36.2 Å². The lowest BCUT2D eigenvalue weighted by Crippen LogP contribution is -2.26. The maximum absolute atomic E-state index is 12.9. The summed E-state index contributed by atoms with van der Waals surface area (Å²) in [4.78, 5) is 25.9. The molecule has 1 aliphatic heterocycles. The largest absolute Gasteiger partial charge is 0.324 e. The number of para-hydroxylation sites is 2. The molecule has 1 N–H and O–H groups in total. The van der Waals surface area contributed by atoms with Gasteiger partial charge in [-0.25, -0.2) is 4.39 Å². The van der Waals surface area contributed by atoms with Crippen LogP contribution < -0.4 is 10.2 Å². The van der Waals surface area contributed by atoms with Crippen LogP contribution in [-0.4, -0.2) is 24.1 Å². The Kier molecular flexibility index (Phi) is 5.71.